The van der Waals surface area contributed by atoms with Gasteiger partial charge in [-0.15, -0.1) is 0 Å². The summed E-state index contributed by atoms with van der Waals surface area (Å²) in [5.74, 6) is 1.88. The van der Waals surface area contributed by atoms with Gasteiger partial charge < -0.3 is 14.8 Å². The fourth-order valence-corrected chi connectivity index (χ4v) is 4.87. The molecule has 9 heteroatoms. The van der Waals surface area contributed by atoms with E-state index in [1.165, 1.54) is 0 Å². The van der Waals surface area contributed by atoms with Crippen molar-refractivity contribution in [2.45, 2.75) is 45.2 Å². The van der Waals surface area contributed by atoms with E-state index in [1.807, 2.05) is 6.07 Å². The van der Waals surface area contributed by atoms with Gasteiger partial charge in [0.05, 0.1) is 16.0 Å². The number of anilines is 1. The zero-order valence-corrected chi connectivity index (χ0v) is 18.7. The van der Waals surface area contributed by atoms with Crippen LogP contribution in [0.25, 0.3) is 11.2 Å². The summed E-state index contributed by atoms with van der Waals surface area (Å²) < 4.78 is 2.22. The number of aryl methyl sites for hydroxylation is 2. The monoisotopic (exact) mass is 458 g/mol. The Kier molecular flexibility index (Phi) is 5.71. The molecule has 31 heavy (non-hydrogen) atoms. The first kappa shape index (κ1) is 20.5. The summed E-state index contributed by atoms with van der Waals surface area (Å²) in [6.45, 7) is 2.88. The van der Waals surface area contributed by atoms with E-state index >= 15 is 0 Å². The van der Waals surface area contributed by atoms with Crippen LogP contribution < -0.4 is 10.2 Å². The third-order valence-electron chi connectivity index (χ3n) is 6.17. The van der Waals surface area contributed by atoms with E-state index < -0.39 is 0 Å². The number of hydrogen-bond acceptors (Lipinski definition) is 5. The van der Waals surface area contributed by atoms with Gasteiger partial charge in [-0.1, -0.05) is 29.3 Å². The lowest BCUT2D eigenvalue weighted by Crippen LogP contribution is -2.43. The standard InChI is InChI=1S/C22H24Cl2N6O/c23-16-7-6-14(10-17(16)24)11-25-22(31)15-4-3-8-29(12-15)20-19-21(27-13-26-20)30-9-2-1-5-18(30)28-19/h6-7,10,13,15H,1-5,8-9,11-12H2,(H,25,31). The van der Waals surface area contributed by atoms with Crippen LogP contribution in [0.2, 0.25) is 10.0 Å². The minimum absolute atomic E-state index is 0.0465. The Hall–Kier alpha value is -2.38. The van der Waals surface area contributed by atoms with Crippen LogP contribution in [-0.2, 0) is 24.3 Å². The molecular formula is C22H24Cl2N6O. The summed E-state index contributed by atoms with van der Waals surface area (Å²) in [4.78, 5) is 29.0. The first-order valence-electron chi connectivity index (χ1n) is 10.8. The summed E-state index contributed by atoms with van der Waals surface area (Å²) in [7, 11) is 0. The molecule has 2 aliphatic heterocycles. The molecule has 5 rings (SSSR count). The zero-order chi connectivity index (χ0) is 21.4. The number of carbonyl (C=O) groups is 1. The zero-order valence-electron chi connectivity index (χ0n) is 17.2. The number of halogens is 2. The maximum absolute atomic E-state index is 12.9. The number of rotatable bonds is 4. The van der Waals surface area contributed by atoms with Crippen molar-refractivity contribution in [3.63, 3.8) is 0 Å². The van der Waals surface area contributed by atoms with Crippen LogP contribution in [0.15, 0.2) is 24.5 Å². The van der Waals surface area contributed by atoms with Crippen molar-refractivity contribution in [3.05, 3.63) is 46.0 Å². The van der Waals surface area contributed by atoms with E-state index in [9.17, 15) is 4.79 Å². The summed E-state index contributed by atoms with van der Waals surface area (Å²) >= 11 is 12.1. The molecule has 4 heterocycles. The molecule has 0 aliphatic carbocycles. The van der Waals surface area contributed by atoms with Gasteiger partial charge in [-0.2, -0.15) is 0 Å². The second-order valence-corrected chi connectivity index (χ2v) is 9.07. The van der Waals surface area contributed by atoms with Crippen molar-refractivity contribution in [3.8, 4) is 0 Å². The number of aromatic nitrogens is 4. The number of hydrogen-bond donors (Lipinski definition) is 1. The Balaban J connectivity index is 1.30. The van der Waals surface area contributed by atoms with Gasteiger partial charge >= 0.3 is 0 Å². The number of nitrogens with zero attached hydrogens (tertiary/aromatic N) is 5. The lowest BCUT2D eigenvalue weighted by Gasteiger charge is -2.32. The number of nitrogens with one attached hydrogen (secondary N) is 1. The molecule has 0 spiro atoms. The molecule has 1 unspecified atom stereocenters. The number of benzene rings is 1. The van der Waals surface area contributed by atoms with Crippen LogP contribution >= 0.6 is 23.2 Å². The van der Waals surface area contributed by atoms with Gasteiger partial charge in [0.25, 0.3) is 0 Å². The van der Waals surface area contributed by atoms with E-state index in [0.717, 1.165) is 73.6 Å². The lowest BCUT2D eigenvalue weighted by atomic mass is 9.97. The Labute approximate surface area is 190 Å². The van der Waals surface area contributed by atoms with Crippen LogP contribution in [0.4, 0.5) is 5.82 Å². The SMILES string of the molecule is O=C(NCc1ccc(Cl)c(Cl)c1)C1CCCN(c2ncnc3c2nc2n3CCCC2)C1. The highest BCUT2D eigenvalue weighted by Crippen LogP contribution is 2.29. The normalized spacial score (nSPS) is 18.8. The Morgan fingerprint density at radius 2 is 2.03 bits per heavy atom. The number of piperidine rings is 1. The van der Waals surface area contributed by atoms with Gasteiger partial charge in [-0.05, 0) is 43.4 Å². The average molecular weight is 459 g/mol. The van der Waals surface area contributed by atoms with Crippen LogP contribution in [0.1, 0.15) is 37.1 Å². The fraction of sp³-hybridized carbons (Fsp3) is 0.455. The topological polar surface area (TPSA) is 75.9 Å². The van der Waals surface area contributed by atoms with Crippen LogP contribution in [0, 0.1) is 5.92 Å². The predicted octanol–water partition coefficient (Wildman–Crippen LogP) is 4.00. The Morgan fingerprint density at radius 1 is 1.13 bits per heavy atom. The van der Waals surface area contributed by atoms with Crippen LogP contribution in [0.5, 0.6) is 0 Å². The van der Waals surface area contributed by atoms with Gasteiger partial charge in [-0.25, -0.2) is 15.0 Å². The smallest absolute Gasteiger partial charge is 0.225 e. The quantitative estimate of drug-likeness (QED) is 0.639. The van der Waals surface area contributed by atoms with E-state index in [4.69, 9.17) is 28.2 Å². The molecule has 1 amide bonds. The Bertz CT molecular complexity index is 1130. The van der Waals surface area contributed by atoms with Gasteiger partial charge in [-0.3, -0.25) is 4.79 Å². The van der Waals surface area contributed by atoms with Crippen molar-refractivity contribution in [1.29, 1.82) is 0 Å². The molecule has 1 fully saturated rings. The van der Waals surface area contributed by atoms with Crippen molar-refractivity contribution in [2.24, 2.45) is 5.92 Å². The molecule has 1 atom stereocenters. The third kappa shape index (κ3) is 4.08. The second-order valence-electron chi connectivity index (χ2n) is 8.26. The van der Waals surface area contributed by atoms with E-state index in [1.54, 1.807) is 18.5 Å². The Morgan fingerprint density at radius 3 is 2.90 bits per heavy atom. The number of carbonyl (C=O) groups excluding carboxylic acids is 1. The summed E-state index contributed by atoms with van der Waals surface area (Å²) in [6.07, 6.45) is 6.71. The molecule has 7 nitrogen and oxygen atoms in total. The maximum atomic E-state index is 12.9. The first-order valence-corrected chi connectivity index (χ1v) is 11.5. The van der Waals surface area contributed by atoms with Crippen molar-refractivity contribution >= 4 is 46.1 Å². The van der Waals surface area contributed by atoms with Crippen LogP contribution in [-0.4, -0.2) is 38.5 Å². The molecule has 0 bridgehead atoms. The lowest BCUT2D eigenvalue weighted by molar-refractivity contribution is -0.125. The van der Waals surface area contributed by atoms with Crippen molar-refractivity contribution in [1.82, 2.24) is 24.8 Å². The summed E-state index contributed by atoms with van der Waals surface area (Å²) in [5.41, 5.74) is 2.69. The molecule has 0 saturated carbocycles. The molecule has 162 valence electrons. The van der Waals surface area contributed by atoms with Crippen molar-refractivity contribution < 1.29 is 4.79 Å². The molecule has 1 N–H and O–H groups in total. The van der Waals surface area contributed by atoms with Gasteiger partial charge in [0.1, 0.15) is 12.2 Å². The van der Waals surface area contributed by atoms with Crippen LogP contribution in [0.3, 0.4) is 0 Å². The van der Waals surface area contributed by atoms with Gasteiger partial charge in [0, 0.05) is 32.6 Å². The number of fused-ring (bicyclic) bond motifs is 3. The van der Waals surface area contributed by atoms with E-state index in [-0.39, 0.29) is 11.8 Å². The summed E-state index contributed by atoms with van der Waals surface area (Å²) in [5, 5.41) is 4.05. The predicted molar refractivity (Wildman–Crippen MR) is 122 cm³/mol. The van der Waals surface area contributed by atoms with E-state index in [0.29, 0.717) is 23.1 Å². The van der Waals surface area contributed by atoms with Crippen molar-refractivity contribution in [2.75, 3.05) is 18.0 Å². The van der Waals surface area contributed by atoms with E-state index in [2.05, 4.69) is 24.8 Å². The third-order valence-corrected chi connectivity index (χ3v) is 6.91. The fourth-order valence-electron chi connectivity index (χ4n) is 4.55. The highest BCUT2D eigenvalue weighted by atomic mass is 35.5. The molecule has 1 saturated heterocycles. The largest absolute Gasteiger partial charge is 0.354 e. The number of amides is 1. The highest BCUT2D eigenvalue weighted by molar-refractivity contribution is 6.42. The number of imidazole rings is 1. The summed E-state index contributed by atoms with van der Waals surface area (Å²) in [6, 6.07) is 5.41. The molecule has 0 radical (unpaired) electrons. The molecule has 1 aromatic carbocycles. The molecule has 3 aromatic rings. The van der Waals surface area contributed by atoms with Gasteiger partial charge in [0.2, 0.25) is 5.91 Å². The molecule has 2 aromatic heterocycles. The minimum atomic E-state index is -0.0984. The molecular weight excluding hydrogens is 435 g/mol. The molecule has 2 aliphatic rings. The second kappa shape index (κ2) is 8.63. The minimum Gasteiger partial charge on any atom is -0.354 e. The van der Waals surface area contributed by atoms with Gasteiger partial charge in [0.15, 0.2) is 17.0 Å². The maximum Gasteiger partial charge on any atom is 0.225 e. The first-order chi connectivity index (χ1) is 15.1. The highest BCUT2D eigenvalue weighted by Gasteiger charge is 2.29. The average Bonchev–Trinajstić information content (AvgIpc) is 3.18.